The monoisotopic (exact) mass is 339 g/mol. The van der Waals surface area contributed by atoms with E-state index in [1.807, 2.05) is 20.8 Å². The molecule has 0 aromatic heterocycles. The van der Waals surface area contributed by atoms with Crippen LogP contribution in [-0.2, 0) is 4.79 Å². The summed E-state index contributed by atoms with van der Waals surface area (Å²) in [6.07, 6.45) is 4.87. The zero-order chi connectivity index (χ0) is 18.0. The normalized spacial score (nSPS) is 17.6. The van der Waals surface area contributed by atoms with Crippen LogP contribution in [0.15, 0.2) is 4.99 Å². The van der Waals surface area contributed by atoms with Gasteiger partial charge in [0.15, 0.2) is 5.96 Å². The van der Waals surface area contributed by atoms with Crippen LogP contribution in [0.25, 0.3) is 0 Å². The number of amides is 1. The molecule has 1 saturated heterocycles. The molecule has 140 valence electrons. The first-order chi connectivity index (χ1) is 11.4. The SMILES string of the molecule is CCCCN1CCC(NC(=NC)NCCNC(=O)C(C)(C)C)CC1. The van der Waals surface area contributed by atoms with Crippen LogP contribution in [0.3, 0.4) is 0 Å². The average Bonchev–Trinajstić information content (AvgIpc) is 2.55. The lowest BCUT2D eigenvalue weighted by atomic mass is 9.96. The molecule has 6 heteroatoms. The average molecular weight is 340 g/mol. The van der Waals surface area contributed by atoms with E-state index < -0.39 is 0 Å². The van der Waals surface area contributed by atoms with E-state index in [0.29, 0.717) is 19.1 Å². The summed E-state index contributed by atoms with van der Waals surface area (Å²) in [7, 11) is 1.79. The highest BCUT2D eigenvalue weighted by Gasteiger charge is 2.21. The second-order valence-electron chi connectivity index (χ2n) is 7.62. The Kier molecular flexibility index (Phi) is 9.11. The number of guanidine groups is 1. The van der Waals surface area contributed by atoms with Crippen molar-refractivity contribution in [2.24, 2.45) is 10.4 Å². The van der Waals surface area contributed by atoms with Gasteiger partial charge in [0.1, 0.15) is 0 Å². The molecule has 0 atom stereocenters. The Morgan fingerprint density at radius 3 is 2.33 bits per heavy atom. The van der Waals surface area contributed by atoms with Crippen molar-refractivity contribution in [2.75, 3.05) is 39.8 Å². The van der Waals surface area contributed by atoms with E-state index in [9.17, 15) is 4.79 Å². The Labute approximate surface area is 147 Å². The number of likely N-dealkylation sites (tertiary alicyclic amines) is 1. The predicted octanol–water partition coefficient (Wildman–Crippen LogP) is 1.58. The van der Waals surface area contributed by atoms with Gasteiger partial charge in [-0.3, -0.25) is 9.79 Å². The first-order valence-electron chi connectivity index (χ1n) is 9.34. The lowest BCUT2D eigenvalue weighted by Crippen LogP contribution is -2.50. The number of nitrogens with one attached hydrogen (secondary N) is 3. The van der Waals surface area contributed by atoms with Crippen LogP contribution < -0.4 is 16.0 Å². The molecule has 1 aliphatic heterocycles. The molecular formula is C18H37N5O. The largest absolute Gasteiger partial charge is 0.355 e. The Morgan fingerprint density at radius 2 is 1.79 bits per heavy atom. The molecule has 1 rings (SSSR count). The maximum Gasteiger partial charge on any atom is 0.225 e. The van der Waals surface area contributed by atoms with Gasteiger partial charge in [-0.15, -0.1) is 0 Å². The first-order valence-corrected chi connectivity index (χ1v) is 9.34. The van der Waals surface area contributed by atoms with E-state index in [0.717, 1.165) is 31.9 Å². The maximum absolute atomic E-state index is 11.8. The van der Waals surface area contributed by atoms with Gasteiger partial charge in [0.2, 0.25) is 5.91 Å². The second kappa shape index (κ2) is 10.5. The van der Waals surface area contributed by atoms with Gasteiger partial charge in [-0.2, -0.15) is 0 Å². The van der Waals surface area contributed by atoms with Gasteiger partial charge in [-0.25, -0.2) is 0 Å². The van der Waals surface area contributed by atoms with Gasteiger partial charge in [-0.05, 0) is 25.8 Å². The highest BCUT2D eigenvalue weighted by atomic mass is 16.2. The summed E-state index contributed by atoms with van der Waals surface area (Å²) in [5, 5.41) is 9.72. The smallest absolute Gasteiger partial charge is 0.225 e. The van der Waals surface area contributed by atoms with Gasteiger partial charge < -0.3 is 20.9 Å². The van der Waals surface area contributed by atoms with Gasteiger partial charge >= 0.3 is 0 Å². The predicted molar refractivity (Wildman–Crippen MR) is 101 cm³/mol. The standard InChI is InChI=1S/C18H37N5O/c1-6-7-12-23-13-8-15(9-14-23)22-17(19-5)21-11-10-20-16(24)18(2,3)4/h15H,6-14H2,1-5H3,(H,20,24)(H2,19,21,22). The summed E-state index contributed by atoms with van der Waals surface area (Å²) >= 11 is 0. The van der Waals surface area contributed by atoms with Crippen molar-refractivity contribution in [3.8, 4) is 0 Å². The van der Waals surface area contributed by atoms with E-state index >= 15 is 0 Å². The highest BCUT2D eigenvalue weighted by molar-refractivity contribution is 5.82. The van der Waals surface area contributed by atoms with Crippen molar-refractivity contribution in [3.63, 3.8) is 0 Å². The van der Waals surface area contributed by atoms with Gasteiger partial charge in [-0.1, -0.05) is 34.1 Å². The van der Waals surface area contributed by atoms with Crippen LogP contribution in [0.2, 0.25) is 0 Å². The molecule has 1 amide bonds. The first kappa shape index (κ1) is 20.7. The molecule has 1 aliphatic rings. The molecule has 3 N–H and O–H groups in total. The maximum atomic E-state index is 11.8. The molecule has 0 radical (unpaired) electrons. The molecular weight excluding hydrogens is 302 g/mol. The number of carbonyl (C=O) groups is 1. The number of carbonyl (C=O) groups excluding carboxylic acids is 1. The zero-order valence-electron chi connectivity index (χ0n) is 16.2. The third-order valence-electron chi connectivity index (χ3n) is 4.36. The summed E-state index contributed by atoms with van der Waals surface area (Å²) in [6.45, 7) is 12.8. The van der Waals surface area contributed by atoms with Crippen LogP contribution >= 0.6 is 0 Å². The lowest BCUT2D eigenvalue weighted by molar-refractivity contribution is -0.128. The topological polar surface area (TPSA) is 68.8 Å². The third kappa shape index (κ3) is 7.99. The van der Waals surface area contributed by atoms with Crippen molar-refractivity contribution in [3.05, 3.63) is 0 Å². The minimum absolute atomic E-state index is 0.0756. The minimum Gasteiger partial charge on any atom is -0.355 e. The number of hydrogen-bond donors (Lipinski definition) is 3. The lowest BCUT2D eigenvalue weighted by Gasteiger charge is -2.33. The zero-order valence-corrected chi connectivity index (χ0v) is 16.2. The Hall–Kier alpha value is -1.30. The number of aliphatic imine (C=N–C) groups is 1. The summed E-state index contributed by atoms with van der Waals surface area (Å²) in [5.74, 6) is 0.902. The summed E-state index contributed by atoms with van der Waals surface area (Å²) < 4.78 is 0. The molecule has 1 heterocycles. The molecule has 0 aromatic carbocycles. The molecule has 0 aliphatic carbocycles. The van der Waals surface area contributed by atoms with Crippen LogP contribution in [0, 0.1) is 5.41 Å². The molecule has 24 heavy (non-hydrogen) atoms. The van der Waals surface area contributed by atoms with Gasteiger partial charge in [0.05, 0.1) is 0 Å². The fraction of sp³-hybridized carbons (Fsp3) is 0.889. The van der Waals surface area contributed by atoms with E-state index in [2.05, 4.69) is 32.8 Å². The molecule has 0 spiro atoms. The Morgan fingerprint density at radius 1 is 1.17 bits per heavy atom. The molecule has 0 unspecified atom stereocenters. The summed E-state index contributed by atoms with van der Waals surface area (Å²) in [6, 6.07) is 0.484. The summed E-state index contributed by atoms with van der Waals surface area (Å²) in [5.41, 5.74) is -0.342. The van der Waals surface area contributed by atoms with Crippen molar-refractivity contribution in [2.45, 2.75) is 59.4 Å². The van der Waals surface area contributed by atoms with Crippen LogP contribution in [0.4, 0.5) is 0 Å². The van der Waals surface area contributed by atoms with Crippen molar-refractivity contribution in [1.29, 1.82) is 0 Å². The Balaban J connectivity index is 2.21. The van der Waals surface area contributed by atoms with Gasteiger partial charge in [0, 0.05) is 44.7 Å². The number of hydrogen-bond acceptors (Lipinski definition) is 3. The van der Waals surface area contributed by atoms with E-state index in [1.165, 1.54) is 19.4 Å². The number of rotatable bonds is 7. The van der Waals surface area contributed by atoms with Gasteiger partial charge in [0.25, 0.3) is 0 Å². The number of piperidine rings is 1. The fourth-order valence-electron chi connectivity index (χ4n) is 2.69. The molecule has 0 bridgehead atoms. The van der Waals surface area contributed by atoms with E-state index in [4.69, 9.17) is 0 Å². The summed E-state index contributed by atoms with van der Waals surface area (Å²) in [4.78, 5) is 18.7. The fourth-order valence-corrected chi connectivity index (χ4v) is 2.69. The number of nitrogens with zero attached hydrogens (tertiary/aromatic N) is 2. The quantitative estimate of drug-likeness (QED) is 0.374. The van der Waals surface area contributed by atoms with Crippen LogP contribution in [0.1, 0.15) is 53.4 Å². The molecule has 1 fully saturated rings. The molecule has 0 saturated carbocycles. The van der Waals surface area contributed by atoms with E-state index in [-0.39, 0.29) is 11.3 Å². The molecule has 0 aromatic rings. The number of unbranched alkanes of at least 4 members (excludes halogenated alkanes) is 1. The van der Waals surface area contributed by atoms with Crippen LogP contribution in [0.5, 0.6) is 0 Å². The van der Waals surface area contributed by atoms with E-state index in [1.54, 1.807) is 7.05 Å². The highest BCUT2D eigenvalue weighted by Crippen LogP contribution is 2.12. The third-order valence-corrected chi connectivity index (χ3v) is 4.36. The van der Waals surface area contributed by atoms with Crippen molar-refractivity contribution in [1.82, 2.24) is 20.9 Å². The second-order valence-corrected chi connectivity index (χ2v) is 7.62. The molecule has 6 nitrogen and oxygen atoms in total. The van der Waals surface area contributed by atoms with Crippen molar-refractivity contribution < 1.29 is 4.79 Å². The van der Waals surface area contributed by atoms with Crippen LogP contribution in [-0.4, -0.2) is 62.6 Å². The van der Waals surface area contributed by atoms with Crippen molar-refractivity contribution >= 4 is 11.9 Å². The Bertz CT molecular complexity index is 395. The minimum atomic E-state index is -0.342.